The lowest BCUT2D eigenvalue weighted by Crippen LogP contribution is -2.38. The molecule has 47 heavy (non-hydrogen) atoms. The third-order valence-corrected chi connectivity index (χ3v) is 8.59. The molecule has 0 radical (unpaired) electrons. The number of alkyl halides is 5. The minimum atomic E-state index is -4.55. The molecule has 5 aromatic rings. The van der Waals surface area contributed by atoms with Crippen molar-refractivity contribution in [3.05, 3.63) is 87.7 Å². The van der Waals surface area contributed by atoms with Gasteiger partial charge in [-0.1, -0.05) is 17.3 Å². The van der Waals surface area contributed by atoms with Gasteiger partial charge in [-0.05, 0) is 61.9 Å². The van der Waals surface area contributed by atoms with Gasteiger partial charge in [-0.3, -0.25) is 9.78 Å². The van der Waals surface area contributed by atoms with Crippen molar-refractivity contribution >= 4 is 33.1 Å². The minimum Gasteiger partial charge on any atom is -0.382 e. The molecule has 0 bridgehead atoms. The molecule has 15 heteroatoms. The number of hydrogen-bond donors (Lipinski definition) is 3. The van der Waals surface area contributed by atoms with Gasteiger partial charge >= 0.3 is 6.18 Å². The first-order chi connectivity index (χ1) is 22.3. The SMILES string of the molecule is CC(C)(CNc1c(C#N)cnc2c(C#N)cc(N[C@H](c3cn(C4(C(F)F)CC4)nn3)c3cccc4c(=O)[nH]ccc34)cc12)C(F)(F)F. The fourth-order valence-corrected chi connectivity index (χ4v) is 5.43. The highest BCUT2D eigenvalue weighted by Crippen LogP contribution is 2.48. The van der Waals surface area contributed by atoms with Gasteiger partial charge in [0, 0.05) is 35.4 Å². The maximum absolute atomic E-state index is 14.0. The van der Waals surface area contributed by atoms with Gasteiger partial charge in [-0.2, -0.15) is 23.7 Å². The van der Waals surface area contributed by atoms with E-state index in [1.165, 1.54) is 30.7 Å². The van der Waals surface area contributed by atoms with Crippen molar-refractivity contribution in [1.29, 1.82) is 10.5 Å². The molecular formula is C32H26F5N9O. The van der Waals surface area contributed by atoms with E-state index in [2.05, 4.69) is 37.0 Å². The molecule has 3 N–H and O–H groups in total. The van der Waals surface area contributed by atoms with Crippen molar-refractivity contribution in [2.24, 2.45) is 5.41 Å². The number of fused-ring (bicyclic) bond motifs is 2. The predicted octanol–water partition coefficient (Wildman–Crippen LogP) is 6.37. The number of H-pyrrole nitrogens is 1. The number of hydrogen-bond acceptors (Lipinski definition) is 8. The molecule has 1 aliphatic rings. The molecule has 1 aliphatic carbocycles. The lowest BCUT2D eigenvalue weighted by atomic mass is 9.92. The van der Waals surface area contributed by atoms with Gasteiger partial charge in [0.25, 0.3) is 12.0 Å². The molecule has 0 saturated heterocycles. The lowest BCUT2D eigenvalue weighted by Gasteiger charge is -2.28. The molecule has 0 unspecified atom stereocenters. The Bertz CT molecular complexity index is 2150. The van der Waals surface area contributed by atoms with E-state index in [1.807, 2.05) is 6.07 Å². The Hall–Kier alpha value is -5.57. The lowest BCUT2D eigenvalue weighted by molar-refractivity contribution is -0.206. The fourth-order valence-electron chi connectivity index (χ4n) is 5.43. The van der Waals surface area contributed by atoms with Crippen molar-refractivity contribution in [3.63, 3.8) is 0 Å². The number of nitriles is 2. The van der Waals surface area contributed by atoms with Crippen LogP contribution in [-0.4, -0.2) is 44.1 Å². The summed E-state index contributed by atoms with van der Waals surface area (Å²) in [5.41, 5.74) is -2.71. The van der Waals surface area contributed by atoms with Crippen LogP contribution in [0, 0.1) is 28.1 Å². The normalized spacial score (nSPS) is 14.9. The van der Waals surface area contributed by atoms with E-state index in [1.54, 1.807) is 24.3 Å². The number of anilines is 2. The van der Waals surface area contributed by atoms with Crippen LogP contribution in [0.3, 0.4) is 0 Å². The van der Waals surface area contributed by atoms with Gasteiger partial charge in [-0.25, -0.2) is 13.5 Å². The number of pyridine rings is 2. The molecule has 3 heterocycles. The first-order valence-electron chi connectivity index (χ1n) is 14.4. The average molecular weight is 648 g/mol. The highest BCUT2D eigenvalue weighted by molar-refractivity contribution is 5.99. The molecule has 10 nitrogen and oxygen atoms in total. The van der Waals surface area contributed by atoms with Crippen LogP contribution in [0.4, 0.5) is 33.3 Å². The summed E-state index contributed by atoms with van der Waals surface area (Å²) in [5, 5.41) is 35.2. The van der Waals surface area contributed by atoms with Gasteiger partial charge in [-0.15, -0.1) is 5.10 Å². The van der Waals surface area contributed by atoms with Crippen LogP contribution >= 0.6 is 0 Å². The van der Waals surface area contributed by atoms with E-state index in [0.717, 1.165) is 18.5 Å². The van der Waals surface area contributed by atoms with E-state index >= 15 is 0 Å². The van der Waals surface area contributed by atoms with Crippen molar-refractivity contribution in [2.75, 3.05) is 17.2 Å². The van der Waals surface area contributed by atoms with E-state index in [0.29, 0.717) is 16.3 Å². The highest BCUT2D eigenvalue weighted by atomic mass is 19.4. The van der Waals surface area contributed by atoms with Crippen LogP contribution in [-0.2, 0) is 5.54 Å². The average Bonchev–Trinajstić information content (AvgIpc) is 3.71. The summed E-state index contributed by atoms with van der Waals surface area (Å²) in [7, 11) is 0. The second kappa shape index (κ2) is 11.3. The van der Waals surface area contributed by atoms with Crippen LogP contribution in [0.2, 0.25) is 0 Å². The standard InChI is InChI=1S/C32H26F5N9O/c1-30(2,32(35,36)37)16-42-26-18(13-39)14-41-25-17(12-38)10-19(11-23(25)26)43-27(21-4-3-5-22-20(21)6-9-40-28(22)47)24-15-46(45-44-24)31(7-8-31)29(33)34/h3-6,9-11,14-15,27,29,43H,7-8,16H2,1-2H3,(H,40,47)(H,41,42)/t27-/m0/s1. The molecule has 6 rings (SSSR count). The quantitative estimate of drug-likeness (QED) is 0.156. The molecular weight excluding hydrogens is 621 g/mol. The van der Waals surface area contributed by atoms with Gasteiger partial charge in [0.05, 0.1) is 40.0 Å². The number of halogens is 5. The zero-order chi connectivity index (χ0) is 33.7. The highest BCUT2D eigenvalue weighted by Gasteiger charge is 2.54. The largest absolute Gasteiger partial charge is 0.395 e. The van der Waals surface area contributed by atoms with E-state index in [9.17, 15) is 37.3 Å². The zero-order valence-electron chi connectivity index (χ0n) is 25.0. The summed E-state index contributed by atoms with van der Waals surface area (Å²) < 4.78 is 70.1. The number of rotatable bonds is 9. The minimum absolute atomic E-state index is 0.0361. The summed E-state index contributed by atoms with van der Waals surface area (Å²) in [4.78, 5) is 19.5. The maximum atomic E-state index is 14.0. The first-order valence-corrected chi connectivity index (χ1v) is 14.4. The van der Waals surface area contributed by atoms with Gasteiger partial charge in [0.1, 0.15) is 23.4 Å². The Morgan fingerprint density at radius 2 is 1.81 bits per heavy atom. The summed E-state index contributed by atoms with van der Waals surface area (Å²) in [6.07, 6.45) is -2.71. The van der Waals surface area contributed by atoms with Crippen molar-refractivity contribution in [3.8, 4) is 12.1 Å². The Morgan fingerprint density at radius 1 is 1.06 bits per heavy atom. The fraction of sp³-hybridized carbons (Fsp3) is 0.312. The van der Waals surface area contributed by atoms with E-state index in [4.69, 9.17) is 0 Å². The third kappa shape index (κ3) is 5.48. The first kappa shape index (κ1) is 31.4. The molecule has 0 spiro atoms. The van der Waals surface area contributed by atoms with Crippen molar-refractivity contribution < 1.29 is 22.0 Å². The molecule has 240 valence electrons. The van der Waals surface area contributed by atoms with Gasteiger partial charge in [0.2, 0.25) is 0 Å². The Morgan fingerprint density at radius 3 is 2.47 bits per heavy atom. The Labute approximate surface area is 263 Å². The van der Waals surface area contributed by atoms with Gasteiger partial charge in [0.15, 0.2) is 0 Å². The number of aromatic amines is 1. The van der Waals surface area contributed by atoms with Crippen molar-refractivity contribution in [2.45, 2.75) is 50.9 Å². The van der Waals surface area contributed by atoms with Crippen LogP contribution in [0.1, 0.15) is 55.1 Å². The monoisotopic (exact) mass is 647 g/mol. The number of nitrogens with one attached hydrogen (secondary N) is 3. The second-order valence-corrected chi connectivity index (χ2v) is 12.1. The molecule has 0 aliphatic heterocycles. The zero-order valence-corrected chi connectivity index (χ0v) is 25.0. The summed E-state index contributed by atoms with van der Waals surface area (Å²) in [6, 6.07) is 12.8. The predicted molar refractivity (Wildman–Crippen MR) is 163 cm³/mol. The number of aromatic nitrogens is 5. The third-order valence-electron chi connectivity index (χ3n) is 8.59. The molecule has 1 saturated carbocycles. The summed E-state index contributed by atoms with van der Waals surface area (Å²) in [5.74, 6) is 0. The van der Waals surface area contributed by atoms with Crippen LogP contribution in [0.5, 0.6) is 0 Å². The maximum Gasteiger partial charge on any atom is 0.395 e. The van der Waals surface area contributed by atoms with Gasteiger partial charge < -0.3 is 15.6 Å². The summed E-state index contributed by atoms with van der Waals surface area (Å²) >= 11 is 0. The molecule has 1 fully saturated rings. The second-order valence-electron chi connectivity index (χ2n) is 12.1. The number of benzene rings is 2. The summed E-state index contributed by atoms with van der Waals surface area (Å²) in [6.45, 7) is 1.47. The Balaban J connectivity index is 1.51. The molecule has 0 amide bonds. The smallest absolute Gasteiger partial charge is 0.382 e. The molecule has 1 atom stereocenters. The van der Waals surface area contributed by atoms with E-state index < -0.39 is 36.1 Å². The molecule has 2 aromatic carbocycles. The Kier molecular flexibility index (Phi) is 7.58. The van der Waals surface area contributed by atoms with Crippen LogP contribution < -0.4 is 16.2 Å². The van der Waals surface area contributed by atoms with E-state index in [-0.39, 0.29) is 57.5 Å². The molecule has 3 aromatic heterocycles. The van der Waals surface area contributed by atoms with Crippen LogP contribution in [0.15, 0.2) is 59.8 Å². The topological polar surface area (TPSA) is 148 Å². The van der Waals surface area contributed by atoms with Crippen LogP contribution in [0.25, 0.3) is 21.7 Å². The number of nitrogens with zero attached hydrogens (tertiary/aromatic N) is 6. The van der Waals surface area contributed by atoms with Crippen molar-refractivity contribution in [1.82, 2.24) is 25.0 Å².